The van der Waals surface area contributed by atoms with Gasteiger partial charge in [0.1, 0.15) is 6.10 Å². The number of hydrogen-bond acceptors (Lipinski definition) is 3. The van der Waals surface area contributed by atoms with Crippen molar-refractivity contribution in [3.8, 4) is 0 Å². The number of pyridine rings is 1. The highest BCUT2D eigenvalue weighted by Gasteiger charge is 2.36. The number of ether oxygens (including phenoxy) is 1. The zero-order valence-electron chi connectivity index (χ0n) is 10.5. The summed E-state index contributed by atoms with van der Waals surface area (Å²) < 4.78 is 5.26. The fourth-order valence-corrected chi connectivity index (χ4v) is 1.99. The van der Waals surface area contributed by atoms with Crippen molar-refractivity contribution in [1.82, 2.24) is 4.98 Å². The van der Waals surface area contributed by atoms with Gasteiger partial charge in [0, 0.05) is 13.3 Å². The summed E-state index contributed by atoms with van der Waals surface area (Å²) in [6, 6.07) is 1.89. The summed E-state index contributed by atoms with van der Waals surface area (Å²) in [4.78, 5) is 16.2. The average Bonchev–Trinajstić information content (AvgIpc) is 3.09. The Kier molecular flexibility index (Phi) is 3.43. The van der Waals surface area contributed by atoms with Crippen molar-refractivity contribution in [3.63, 3.8) is 0 Å². The number of nitrogens with zero attached hydrogens (tertiary/aromatic N) is 1. The van der Waals surface area contributed by atoms with Gasteiger partial charge >= 0.3 is 0 Å². The molecule has 0 aromatic carbocycles. The monoisotopic (exact) mass is 234 g/mol. The second-order valence-electron chi connectivity index (χ2n) is 4.57. The van der Waals surface area contributed by atoms with Crippen LogP contribution in [0.25, 0.3) is 0 Å². The molecular formula is C13H18N2O2. The Morgan fingerprint density at radius 2 is 2.24 bits per heavy atom. The van der Waals surface area contributed by atoms with Gasteiger partial charge in [-0.2, -0.15) is 0 Å². The number of aryl methyl sites for hydroxylation is 2. The maximum absolute atomic E-state index is 12.1. The SMILES string of the molecule is COC(C(=O)Nc1c(C)ccnc1C)C1CC1. The molecule has 1 aromatic rings. The molecule has 0 spiro atoms. The van der Waals surface area contributed by atoms with Crippen molar-refractivity contribution in [2.45, 2.75) is 32.8 Å². The van der Waals surface area contributed by atoms with Crippen LogP contribution in [-0.4, -0.2) is 24.1 Å². The van der Waals surface area contributed by atoms with E-state index >= 15 is 0 Å². The maximum Gasteiger partial charge on any atom is 0.253 e. The van der Waals surface area contributed by atoms with Crippen molar-refractivity contribution in [3.05, 3.63) is 23.5 Å². The van der Waals surface area contributed by atoms with Gasteiger partial charge in [-0.05, 0) is 44.2 Å². The molecule has 17 heavy (non-hydrogen) atoms. The quantitative estimate of drug-likeness (QED) is 0.867. The van der Waals surface area contributed by atoms with Crippen LogP contribution in [0.15, 0.2) is 12.3 Å². The summed E-state index contributed by atoms with van der Waals surface area (Å²) in [5.74, 6) is 0.325. The molecule has 1 amide bonds. The van der Waals surface area contributed by atoms with E-state index in [0.29, 0.717) is 5.92 Å². The molecule has 92 valence electrons. The van der Waals surface area contributed by atoms with Crippen LogP contribution in [0.2, 0.25) is 0 Å². The minimum absolute atomic E-state index is 0.0609. The standard InChI is InChI=1S/C13H18N2O2/c1-8-6-7-14-9(2)11(8)15-13(16)12(17-3)10-4-5-10/h6-7,10,12H,4-5H2,1-3H3,(H,15,16). The maximum atomic E-state index is 12.1. The molecule has 4 nitrogen and oxygen atoms in total. The lowest BCUT2D eigenvalue weighted by Crippen LogP contribution is -2.31. The van der Waals surface area contributed by atoms with Crippen LogP contribution in [0.4, 0.5) is 5.69 Å². The molecule has 1 unspecified atom stereocenters. The molecule has 4 heteroatoms. The highest BCUT2D eigenvalue weighted by Crippen LogP contribution is 2.34. The molecule has 2 rings (SSSR count). The normalized spacial score (nSPS) is 16.6. The summed E-state index contributed by atoms with van der Waals surface area (Å²) in [5, 5.41) is 2.92. The first kappa shape index (κ1) is 12.0. The zero-order valence-corrected chi connectivity index (χ0v) is 10.5. The summed E-state index contributed by atoms with van der Waals surface area (Å²) in [7, 11) is 1.59. The minimum atomic E-state index is -0.325. The molecule has 0 aliphatic heterocycles. The summed E-state index contributed by atoms with van der Waals surface area (Å²) >= 11 is 0. The van der Waals surface area contributed by atoms with Gasteiger partial charge in [0.15, 0.2) is 0 Å². The molecule has 0 bridgehead atoms. The second-order valence-corrected chi connectivity index (χ2v) is 4.57. The number of aromatic nitrogens is 1. The van der Waals surface area contributed by atoms with E-state index in [1.54, 1.807) is 13.3 Å². The van der Waals surface area contributed by atoms with Gasteiger partial charge in [0.25, 0.3) is 5.91 Å². The van der Waals surface area contributed by atoms with E-state index in [4.69, 9.17) is 4.74 Å². The second kappa shape index (κ2) is 4.84. The molecule has 0 saturated heterocycles. The average molecular weight is 234 g/mol. The Morgan fingerprint density at radius 1 is 1.53 bits per heavy atom. The van der Waals surface area contributed by atoms with Crippen molar-refractivity contribution in [1.29, 1.82) is 0 Å². The Hall–Kier alpha value is -1.42. The molecule has 1 atom stereocenters. The van der Waals surface area contributed by atoms with Gasteiger partial charge < -0.3 is 10.1 Å². The number of anilines is 1. The fraction of sp³-hybridized carbons (Fsp3) is 0.538. The largest absolute Gasteiger partial charge is 0.371 e. The van der Waals surface area contributed by atoms with Gasteiger partial charge in [0.05, 0.1) is 11.4 Å². The van der Waals surface area contributed by atoms with E-state index in [1.807, 2.05) is 19.9 Å². The Morgan fingerprint density at radius 3 is 2.76 bits per heavy atom. The number of hydrogen-bond donors (Lipinski definition) is 1. The Bertz CT molecular complexity index is 407. The molecule has 1 aromatic heterocycles. The van der Waals surface area contributed by atoms with Crippen LogP contribution in [-0.2, 0) is 9.53 Å². The van der Waals surface area contributed by atoms with Crippen LogP contribution < -0.4 is 5.32 Å². The van der Waals surface area contributed by atoms with E-state index in [0.717, 1.165) is 29.8 Å². The predicted molar refractivity (Wildman–Crippen MR) is 65.9 cm³/mol. The lowest BCUT2D eigenvalue weighted by Gasteiger charge is -2.16. The topological polar surface area (TPSA) is 51.2 Å². The van der Waals surface area contributed by atoms with E-state index in [9.17, 15) is 4.79 Å². The number of carbonyl (C=O) groups is 1. The Labute approximate surface area is 101 Å². The first-order valence-corrected chi connectivity index (χ1v) is 5.89. The molecular weight excluding hydrogens is 216 g/mol. The fourth-order valence-electron chi connectivity index (χ4n) is 1.99. The first-order valence-electron chi connectivity index (χ1n) is 5.89. The number of rotatable bonds is 4. The third-order valence-corrected chi connectivity index (χ3v) is 3.16. The molecule has 1 heterocycles. The molecule has 1 N–H and O–H groups in total. The predicted octanol–water partition coefficient (Wildman–Crippen LogP) is 2.06. The number of amides is 1. The van der Waals surface area contributed by atoms with Crippen LogP contribution in [0, 0.1) is 19.8 Å². The van der Waals surface area contributed by atoms with Gasteiger partial charge in [0.2, 0.25) is 0 Å². The van der Waals surface area contributed by atoms with E-state index in [2.05, 4.69) is 10.3 Å². The van der Waals surface area contributed by atoms with Gasteiger partial charge in [-0.15, -0.1) is 0 Å². The van der Waals surface area contributed by atoms with Crippen molar-refractivity contribution >= 4 is 11.6 Å². The molecule has 1 saturated carbocycles. The van der Waals surface area contributed by atoms with Crippen molar-refractivity contribution in [2.24, 2.45) is 5.92 Å². The van der Waals surface area contributed by atoms with Crippen LogP contribution >= 0.6 is 0 Å². The van der Waals surface area contributed by atoms with Gasteiger partial charge in [-0.25, -0.2) is 0 Å². The number of carbonyl (C=O) groups excluding carboxylic acids is 1. The van der Waals surface area contributed by atoms with Gasteiger partial charge in [-0.3, -0.25) is 9.78 Å². The van der Waals surface area contributed by atoms with Crippen LogP contribution in [0.5, 0.6) is 0 Å². The lowest BCUT2D eigenvalue weighted by atomic mass is 10.1. The molecule has 1 aliphatic rings. The first-order chi connectivity index (χ1) is 8.13. The van der Waals surface area contributed by atoms with E-state index < -0.39 is 0 Å². The highest BCUT2D eigenvalue weighted by molar-refractivity contribution is 5.95. The zero-order chi connectivity index (χ0) is 12.4. The minimum Gasteiger partial charge on any atom is -0.371 e. The summed E-state index contributed by atoms with van der Waals surface area (Å²) in [6.45, 7) is 3.85. The third kappa shape index (κ3) is 2.64. The summed E-state index contributed by atoms with van der Waals surface area (Å²) in [5.41, 5.74) is 2.67. The smallest absolute Gasteiger partial charge is 0.253 e. The van der Waals surface area contributed by atoms with Crippen molar-refractivity contribution < 1.29 is 9.53 Å². The van der Waals surface area contributed by atoms with E-state index in [-0.39, 0.29) is 12.0 Å². The van der Waals surface area contributed by atoms with Crippen molar-refractivity contribution in [2.75, 3.05) is 12.4 Å². The van der Waals surface area contributed by atoms with E-state index in [1.165, 1.54) is 0 Å². The molecule has 1 aliphatic carbocycles. The Balaban J connectivity index is 2.12. The number of methoxy groups -OCH3 is 1. The highest BCUT2D eigenvalue weighted by atomic mass is 16.5. The van der Waals surface area contributed by atoms with Crippen LogP contribution in [0.1, 0.15) is 24.1 Å². The lowest BCUT2D eigenvalue weighted by molar-refractivity contribution is -0.126. The number of nitrogens with one attached hydrogen (secondary N) is 1. The molecule has 1 fully saturated rings. The molecule has 0 radical (unpaired) electrons. The van der Waals surface area contributed by atoms with Gasteiger partial charge in [-0.1, -0.05) is 0 Å². The summed E-state index contributed by atoms with van der Waals surface area (Å²) in [6.07, 6.45) is 3.58. The van der Waals surface area contributed by atoms with Crippen LogP contribution in [0.3, 0.4) is 0 Å². The third-order valence-electron chi connectivity index (χ3n) is 3.16.